The fraction of sp³-hybridized carbons (Fsp3) is 0.533. The first-order chi connectivity index (χ1) is 9.71. The highest BCUT2D eigenvalue weighted by atomic mass is 32.2. The van der Waals surface area contributed by atoms with Gasteiger partial charge in [0, 0.05) is 24.3 Å². The Labute approximate surface area is 123 Å². The van der Waals surface area contributed by atoms with E-state index in [2.05, 4.69) is 6.07 Å². The van der Waals surface area contributed by atoms with Crippen molar-refractivity contribution < 1.29 is 9.47 Å². The van der Waals surface area contributed by atoms with E-state index in [0.717, 1.165) is 37.4 Å². The Kier molecular flexibility index (Phi) is 3.77. The van der Waals surface area contributed by atoms with Crippen LogP contribution < -0.4 is 10.5 Å². The molecule has 5 heteroatoms. The van der Waals surface area contributed by atoms with E-state index >= 15 is 0 Å². The molecule has 2 aliphatic rings. The van der Waals surface area contributed by atoms with Crippen LogP contribution in [0.2, 0.25) is 0 Å². The Morgan fingerprint density at radius 2 is 2.40 bits per heavy atom. The number of ether oxygens (including phenoxy) is 2. The van der Waals surface area contributed by atoms with Crippen molar-refractivity contribution in [1.29, 1.82) is 5.26 Å². The minimum absolute atomic E-state index is 0.00576. The van der Waals surface area contributed by atoms with E-state index in [1.165, 1.54) is 0 Å². The average molecular weight is 290 g/mol. The molecule has 0 saturated carbocycles. The summed E-state index contributed by atoms with van der Waals surface area (Å²) < 4.78 is 12.0. The summed E-state index contributed by atoms with van der Waals surface area (Å²) in [6, 6.07) is 7.37. The highest BCUT2D eigenvalue weighted by Crippen LogP contribution is 2.39. The molecule has 1 aromatic rings. The van der Waals surface area contributed by atoms with Gasteiger partial charge >= 0.3 is 0 Å². The van der Waals surface area contributed by atoms with Crippen molar-refractivity contribution in [3.05, 3.63) is 23.8 Å². The molecule has 1 spiro atoms. The molecule has 0 aliphatic carbocycles. The molecular weight excluding hydrogens is 272 g/mol. The summed E-state index contributed by atoms with van der Waals surface area (Å²) in [6.07, 6.45) is 3.01. The largest absolute Gasteiger partial charge is 0.489 e. The van der Waals surface area contributed by atoms with E-state index in [1.807, 2.05) is 11.8 Å². The molecule has 2 N–H and O–H groups in total. The molecule has 0 aromatic heterocycles. The molecule has 1 aromatic carbocycles. The van der Waals surface area contributed by atoms with Gasteiger partial charge in [0.1, 0.15) is 17.9 Å². The normalized spacial score (nSPS) is 29.2. The van der Waals surface area contributed by atoms with Crippen LogP contribution in [0, 0.1) is 11.3 Å². The van der Waals surface area contributed by atoms with Gasteiger partial charge in [-0.3, -0.25) is 0 Å². The van der Waals surface area contributed by atoms with Crippen LogP contribution in [0.5, 0.6) is 5.75 Å². The molecule has 0 bridgehead atoms. The van der Waals surface area contributed by atoms with Gasteiger partial charge in [-0.2, -0.15) is 17.0 Å². The lowest BCUT2D eigenvalue weighted by atomic mass is 9.91. The van der Waals surface area contributed by atoms with E-state index in [4.69, 9.17) is 20.5 Å². The minimum atomic E-state index is -0.00576. The predicted octanol–water partition coefficient (Wildman–Crippen LogP) is 2.57. The zero-order valence-electron chi connectivity index (χ0n) is 11.3. The monoisotopic (exact) mass is 290 g/mol. The van der Waals surface area contributed by atoms with E-state index in [-0.39, 0.29) is 11.7 Å². The lowest BCUT2D eigenvalue weighted by Gasteiger charge is -2.37. The molecule has 2 unspecified atom stereocenters. The highest BCUT2D eigenvalue weighted by molar-refractivity contribution is 7.99. The molecule has 106 valence electrons. The number of hydrogen-bond donors (Lipinski definition) is 1. The molecule has 2 heterocycles. The van der Waals surface area contributed by atoms with E-state index in [1.54, 1.807) is 18.2 Å². The van der Waals surface area contributed by atoms with Crippen LogP contribution in [-0.2, 0) is 4.74 Å². The van der Waals surface area contributed by atoms with Crippen LogP contribution in [0.3, 0.4) is 0 Å². The topological polar surface area (TPSA) is 68.3 Å². The van der Waals surface area contributed by atoms with Gasteiger partial charge in [-0.25, -0.2) is 0 Å². The van der Waals surface area contributed by atoms with Crippen molar-refractivity contribution in [2.75, 3.05) is 23.8 Å². The smallest absolute Gasteiger partial charge is 0.137 e. The number of hydrogen-bond acceptors (Lipinski definition) is 5. The molecule has 4 nitrogen and oxygen atoms in total. The number of nitrogens with two attached hydrogens (primary N) is 1. The van der Waals surface area contributed by atoms with Gasteiger partial charge < -0.3 is 15.2 Å². The third kappa shape index (κ3) is 2.72. The summed E-state index contributed by atoms with van der Waals surface area (Å²) in [7, 11) is 0. The fourth-order valence-corrected chi connectivity index (χ4v) is 4.24. The van der Waals surface area contributed by atoms with Crippen molar-refractivity contribution in [1.82, 2.24) is 0 Å². The number of nitriles is 1. The zero-order chi connectivity index (χ0) is 14.0. The zero-order valence-corrected chi connectivity index (χ0v) is 12.1. The predicted molar refractivity (Wildman–Crippen MR) is 79.8 cm³/mol. The standard InChI is InChI=1S/C15H18N2O2S/c16-9-11-7-12(17)1-2-14(11)19-13-3-5-18-15(8-13)4-6-20-10-15/h1-2,7,13H,3-6,8,10,17H2. The first kappa shape index (κ1) is 13.6. The summed E-state index contributed by atoms with van der Waals surface area (Å²) in [5, 5.41) is 9.16. The molecule has 3 rings (SSSR count). The van der Waals surface area contributed by atoms with Crippen molar-refractivity contribution in [3.8, 4) is 11.8 Å². The second-order valence-corrected chi connectivity index (χ2v) is 6.54. The first-order valence-electron chi connectivity index (χ1n) is 6.89. The van der Waals surface area contributed by atoms with E-state index < -0.39 is 0 Å². The van der Waals surface area contributed by atoms with Gasteiger partial charge in [0.05, 0.1) is 17.8 Å². The number of thioether (sulfide) groups is 1. The Balaban J connectivity index is 1.73. The second-order valence-electron chi connectivity index (χ2n) is 5.43. The molecule has 2 saturated heterocycles. The second kappa shape index (κ2) is 5.55. The Morgan fingerprint density at radius 1 is 1.50 bits per heavy atom. The van der Waals surface area contributed by atoms with Gasteiger partial charge in [0.15, 0.2) is 0 Å². The summed E-state index contributed by atoms with van der Waals surface area (Å²) in [4.78, 5) is 0. The molecule has 0 amide bonds. The molecule has 2 atom stereocenters. The van der Waals surface area contributed by atoms with Gasteiger partial charge in [-0.05, 0) is 30.4 Å². The average Bonchev–Trinajstić information content (AvgIpc) is 2.89. The summed E-state index contributed by atoms with van der Waals surface area (Å²) in [5.74, 6) is 2.85. The fourth-order valence-electron chi connectivity index (χ4n) is 2.86. The summed E-state index contributed by atoms with van der Waals surface area (Å²) >= 11 is 1.95. The van der Waals surface area contributed by atoms with Crippen LogP contribution in [0.25, 0.3) is 0 Å². The number of anilines is 1. The van der Waals surface area contributed by atoms with Crippen molar-refractivity contribution in [2.24, 2.45) is 0 Å². The van der Waals surface area contributed by atoms with Gasteiger partial charge in [0.2, 0.25) is 0 Å². The number of benzene rings is 1. The maximum atomic E-state index is 9.16. The number of rotatable bonds is 2. The molecular formula is C15H18N2O2S. The Morgan fingerprint density at radius 3 is 3.15 bits per heavy atom. The molecule has 2 fully saturated rings. The minimum Gasteiger partial charge on any atom is -0.489 e. The summed E-state index contributed by atoms with van der Waals surface area (Å²) in [5.41, 5.74) is 6.79. The van der Waals surface area contributed by atoms with Crippen molar-refractivity contribution in [3.63, 3.8) is 0 Å². The maximum Gasteiger partial charge on any atom is 0.137 e. The van der Waals surface area contributed by atoms with Gasteiger partial charge in [-0.15, -0.1) is 0 Å². The number of nitrogen functional groups attached to an aromatic ring is 1. The van der Waals surface area contributed by atoms with Crippen molar-refractivity contribution >= 4 is 17.4 Å². The van der Waals surface area contributed by atoms with Crippen LogP contribution >= 0.6 is 11.8 Å². The Hall–Kier alpha value is -1.38. The lowest BCUT2D eigenvalue weighted by molar-refractivity contribution is -0.0959. The summed E-state index contributed by atoms with van der Waals surface area (Å²) in [6.45, 7) is 0.738. The van der Waals surface area contributed by atoms with Gasteiger partial charge in [-0.1, -0.05) is 0 Å². The van der Waals surface area contributed by atoms with Crippen LogP contribution in [0.15, 0.2) is 18.2 Å². The van der Waals surface area contributed by atoms with Gasteiger partial charge in [0.25, 0.3) is 0 Å². The van der Waals surface area contributed by atoms with Crippen LogP contribution in [-0.4, -0.2) is 29.8 Å². The third-order valence-electron chi connectivity index (χ3n) is 3.93. The first-order valence-corrected chi connectivity index (χ1v) is 8.04. The molecule has 20 heavy (non-hydrogen) atoms. The molecule has 2 aliphatic heterocycles. The lowest BCUT2D eigenvalue weighted by Crippen LogP contribution is -2.43. The van der Waals surface area contributed by atoms with Crippen LogP contribution in [0.1, 0.15) is 24.8 Å². The molecule has 0 radical (unpaired) electrons. The Bertz CT molecular complexity index is 535. The maximum absolute atomic E-state index is 9.16. The van der Waals surface area contributed by atoms with E-state index in [0.29, 0.717) is 17.0 Å². The van der Waals surface area contributed by atoms with E-state index in [9.17, 15) is 0 Å². The SMILES string of the molecule is N#Cc1cc(N)ccc1OC1CCOC2(CCSC2)C1. The third-order valence-corrected chi connectivity index (χ3v) is 5.16. The van der Waals surface area contributed by atoms with Crippen molar-refractivity contribution in [2.45, 2.75) is 31.0 Å². The highest BCUT2D eigenvalue weighted by Gasteiger charge is 2.41. The quantitative estimate of drug-likeness (QED) is 0.848. The van der Waals surface area contributed by atoms with Crippen LogP contribution in [0.4, 0.5) is 5.69 Å². The number of nitrogens with zero attached hydrogens (tertiary/aromatic N) is 1.